The number of anilines is 1. The van der Waals surface area contributed by atoms with Gasteiger partial charge in [0.05, 0.1) is 10.6 Å². The number of nitrogens with zero attached hydrogens (tertiary/aromatic N) is 1. The molecule has 184 valence electrons. The largest absolute Gasteiger partial charge is 0.381 e. The van der Waals surface area contributed by atoms with Crippen molar-refractivity contribution in [1.29, 1.82) is 0 Å². The van der Waals surface area contributed by atoms with Gasteiger partial charge >= 0.3 is 0 Å². The molecule has 0 unspecified atom stereocenters. The average Bonchev–Trinajstić information content (AvgIpc) is 3.61. The van der Waals surface area contributed by atoms with E-state index in [2.05, 4.69) is 0 Å². The maximum Gasteiger partial charge on any atom is 0.232 e. The number of halogens is 3. The fraction of sp³-hybridized carbons (Fsp3) is 0.480. The molecule has 0 radical (unpaired) electrons. The molecule has 9 heteroatoms. The van der Waals surface area contributed by atoms with Crippen molar-refractivity contribution in [3.05, 3.63) is 58.6 Å². The third-order valence-electron chi connectivity index (χ3n) is 6.50. The summed E-state index contributed by atoms with van der Waals surface area (Å²) < 4.78 is 62.6. The second-order valence-corrected chi connectivity index (χ2v) is 12.7. The van der Waals surface area contributed by atoms with Crippen LogP contribution in [0.2, 0.25) is 5.02 Å². The van der Waals surface area contributed by atoms with Crippen LogP contribution in [0.3, 0.4) is 0 Å². The predicted molar refractivity (Wildman–Crippen MR) is 127 cm³/mol. The number of ether oxygens (including phenoxy) is 1. The first-order valence-electron chi connectivity index (χ1n) is 11.3. The Balaban J connectivity index is 1.85. The third kappa shape index (κ3) is 4.36. The van der Waals surface area contributed by atoms with Gasteiger partial charge in [0.15, 0.2) is 9.84 Å². The molecule has 2 aromatic carbocycles. The summed E-state index contributed by atoms with van der Waals surface area (Å²) >= 11 is 5.92. The molecular weight excluding hydrogens is 484 g/mol. The van der Waals surface area contributed by atoms with Crippen LogP contribution in [-0.4, -0.2) is 33.6 Å². The molecule has 2 aliphatic rings. The van der Waals surface area contributed by atoms with Crippen molar-refractivity contribution in [2.45, 2.75) is 62.1 Å². The third-order valence-corrected chi connectivity index (χ3v) is 9.30. The molecule has 1 aliphatic carbocycles. The maximum absolute atomic E-state index is 15.7. The van der Waals surface area contributed by atoms with E-state index in [1.165, 1.54) is 29.2 Å². The van der Waals surface area contributed by atoms with E-state index in [1.807, 2.05) is 0 Å². The number of hydrogen-bond donors (Lipinski definition) is 0. The van der Waals surface area contributed by atoms with Gasteiger partial charge < -0.3 is 9.64 Å². The first kappa shape index (κ1) is 25.1. The Morgan fingerprint density at radius 2 is 1.65 bits per heavy atom. The number of hydrogen-bond acceptors (Lipinski definition) is 4. The van der Waals surface area contributed by atoms with Crippen molar-refractivity contribution in [1.82, 2.24) is 0 Å². The fourth-order valence-electron chi connectivity index (χ4n) is 4.46. The molecule has 5 nitrogen and oxygen atoms in total. The zero-order valence-electron chi connectivity index (χ0n) is 19.4. The van der Waals surface area contributed by atoms with E-state index < -0.39 is 31.6 Å². The molecule has 0 spiro atoms. The van der Waals surface area contributed by atoms with E-state index in [9.17, 15) is 13.2 Å². The van der Waals surface area contributed by atoms with E-state index in [4.69, 9.17) is 16.3 Å². The van der Waals surface area contributed by atoms with Gasteiger partial charge in [-0.1, -0.05) is 32.4 Å². The molecule has 1 saturated heterocycles. The number of carbonyl (C=O) groups excluding carboxylic acids is 1. The first-order chi connectivity index (χ1) is 15.9. The molecule has 2 aromatic rings. The van der Waals surface area contributed by atoms with Crippen LogP contribution in [0.15, 0.2) is 41.3 Å². The summed E-state index contributed by atoms with van der Waals surface area (Å²) in [5.74, 6) is -1.99. The van der Waals surface area contributed by atoms with Crippen molar-refractivity contribution < 1.29 is 26.7 Å². The Hall–Kier alpha value is -2.03. The van der Waals surface area contributed by atoms with Gasteiger partial charge in [-0.15, -0.1) is 0 Å². The lowest BCUT2D eigenvalue weighted by Gasteiger charge is -2.38. The second-order valence-electron chi connectivity index (χ2n) is 10.0. The van der Waals surface area contributed by atoms with Gasteiger partial charge in [0.2, 0.25) is 5.91 Å². The molecule has 1 amide bonds. The molecule has 4 rings (SSSR count). The molecule has 0 bridgehead atoms. The Bertz CT molecular complexity index is 1200. The average molecular weight is 512 g/mol. The maximum atomic E-state index is 15.7. The summed E-state index contributed by atoms with van der Waals surface area (Å²) in [7, 11) is -4.14. The molecule has 1 saturated carbocycles. The Labute approximate surface area is 204 Å². The fourth-order valence-corrected chi connectivity index (χ4v) is 6.68. The lowest BCUT2D eigenvalue weighted by Crippen LogP contribution is -2.43. The molecule has 1 aliphatic heterocycles. The van der Waals surface area contributed by atoms with Crippen molar-refractivity contribution >= 4 is 33.0 Å². The topological polar surface area (TPSA) is 63.7 Å². The Kier molecular flexibility index (Phi) is 6.55. The molecule has 2 fully saturated rings. The van der Waals surface area contributed by atoms with Crippen LogP contribution in [-0.2, 0) is 24.1 Å². The summed E-state index contributed by atoms with van der Waals surface area (Å²) in [6.07, 6.45) is 1.36. The lowest BCUT2D eigenvalue weighted by atomic mass is 9.89. The minimum absolute atomic E-state index is 0.0230. The SMILES string of the molecule is CC(C)(C)C(=O)N(c1cc(F)c(C2(S(=O)(=O)c3ccc(Cl)cc3)CCOCC2)cc1F)C1CC1. The molecular formula is C25H28ClF2NO4S. The zero-order valence-corrected chi connectivity index (χ0v) is 21.0. The lowest BCUT2D eigenvalue weighted by molar-refractivity contribution is -0.125. The quantitative estimate of drug-likeness (QED) is 0.521. The molecule has 1 heterocycles. The van der Waals surface area contributed by atoms with E-state index in [0.717, 1.165) is 12.1 Å². The second kappa shape index (κ2) is 8.88. The monoisotopic (exact) mass is 511 g/mol. The van der Waals surface area contributed by atoms with E-state index in [1.54, 1.807) is 20.8 Å². The van der Waals surface area contributed by atoms with Crippen LogP contribution in [0.4, 0.5) is 14.5 Å². The van der Waals surface area contributed by atoms with Crippen LogP contribution in [0.25, 0.3) is 0 Å². The Morgan fingerprint density at radius 1 is 1.06 bits per heavy atom. The zero-order chi connectivity index (χ0) is 24.9. The predicted octanol–water partition coefficient (Wildman–Crippen LogP) is 5.64. The number of rotatable bonds is 5. The Morgan fingerprint density at radius 3 is 2.18 bits per heavy atom. The van der Waals surface area contributed by atoms with E-state index in [-0.39, 0.29) is 54.2 Å². The van der Waals surface area contributed by atoms with E-state index >= 15 is 8.78 Å². The van der Waals surface area contributed by atoms with Crippen LogP contribution in [0.1, 0.15) is 52.0 Å². The molecule has 0 atom stereocenters. The van der Waals surface area contributed by atoms with Crippen LogP contribution < -0.4 is 4.90 Å². The summed E-state index contributed by atoms with van der Waals surface area (Å²) in [5.41, 5.74) is -1.19. The highest BCUT2D eigenvalue weighted by molar-refractivity contribution is 7.92. The smallest absolute Gasteiger partial charge is 0.232 e. The highest BCUT2D eigenvalue weighted by atomic mass is 35.5. The minimum atomic E-state index is -4.14. The number of carbonyl (C=O) groups is 1. The highest BCUT2D eigenvalue weighted by Gasteiger charge is 2.50. The van der Waals surface area contributed by atoms with Crippen LogP contribution in [0, 0.1) is 17.0 Å². The van der Waals surface area contributed by atoms with Gasteiger partial charge in [-0.2, -0.15) is 0 Å². The van der Waals surface area contributed by atoms with Crippen molar-refractivity contribution in [2.24, 2.45) is 5.41 Å². The van der Waals surface area contributed by atoms with Gasteiger partial charge in [-0.05, 0) is 56.0 Å². The first-order valence-corrected chi connectivity index (χ1v) is 13.2. The van der Waals surface area contributed by atoms with Gasteiger partial charge in [-0.25, -0.2) is 17.2 Å². The minimum Gasteiger partial charge on any atom is -0.381 e. The van der Waals surface area contributed by atoms with Gasteiger partial charge in [-0.3, -0.25) is 4.79 Å². The summed E-state index contributed by atoms with van der Waals surface area (Å²) in [6, 6.07) is 7.38. The van der Waals surface area contributed by atoms with Crippen LogP contribution >= 0.6 is 11.6 Å². The standard InChI is InChI=1S/C25H28ClF2NO4S/c1-24(2,3)23(30)29(17-6-7-17)22-15-20(27)19(14-21(22)28)25(10-12-33-13-11-25)34(31,32)18-8-4-16(26)5-9-18/h4-5,8-9,14-15,17H,6-7,10-13H2,1-3H3. The van der Waals surface area contributed by atoms with Crippen molar-refractivity contribution in [3.63, 3.8) is 0 Å². The number of sulfone groups is 1. The van der Waals surface area contributed by atoms with Gasteiger partial charge in [0.25, 0.3) is 0 Å². The summed E-state index contributed by atoms with van der Waals surface area (Å²) in [6.45, 7) is 5.36. The van der Waals surface area contributed by atoms with E-state index in [0.29, 0.717) is 17.9 Å². The van der Waals surface area contributed by atoms with Crippen LogP contribution in [0.5, 0.6) is 0 Å². The number of benzene rings is 2. The summed E-state index contributed by atoms with van der Waals surface area (Å²) in [5, 5.41) is 0.366. The van der Waals surface area contributed by atoms with Gasteiger partial charge in [0, 0.05) is 41.3 Å². The normalized spacial score (nSPS) is 18.5. The molecule has 0 aromatic heterocycles. The number of amides is 1. The van der Waals surface area contributed by atoms with Gasteiger partial charge in [0.1, 0.15) is 16.4 Å². The summed E-state index contributed by atoms with van der Waals surface area (Å²) in [4.78, 5) is 14.3. The van der Waals surface area contributed by atoms with Crippen molar-refractivity contribution in [2.75, 3.05) is 18.1 Å². The highest BCUT2D eigenvalue weighted by Crippen LogP contribution is 2.46. The molecule has 0 N–H and O–H groups in total. The van der Waals surface area contributed by atoms with Crippen molar-refractivity contribution in [3.8, 4) is 0 Å². The molecule has 34 heavy (non-hydrogen) atoms.